The van der Waals surface area contributed by atoms with Gasteiger partial charge in [-0.2, -0.15) is 5.26 Å². The zero-order valence-electron chi connectivity index (χ0n) is 10.9. The minimum atomic E-state index is -0.766. The van der Waals surface area contributed by atoms with E-state index in [0.29, 0.717) is 11.3 Å². The first-order valence-electron chi connectivity index (χ1n) is 6.05. The first-order valence-corrected chi connectivity index (χ1v) is 6.05. The molecule has 2 rings (SSSR count). The Labute approximate surface area is 116 Å². The van der Waals surface area contributed by atoms with Crippen LogP contribution in [0.1, 0.15) is 17.4 Å². The number of rotatable bonds is 4. The Morgan fingerprint density at radius 3 is 2.65 bits per heavy atom. The molecule has 1 aromatic carbocycles. The van der Waals surface area contributed by atoms with Crippen LogP contribution < -0.4 is 0 Å². The van der Waals surface area contributed by atoms with Gasteiger partial charge < -0.3 is 9.32 Å². The Bertz CT molecular complexity index is 614. The molecule has 0 saturated heterocycles. The fourth-order valence-electron chi connectivity index (χ4n) is 1.83. The molecule has 1 aromatic heterocycles. The highest BCUT2D eigenvalue weighted by Gasteiger charge is 2.23. The van der Waals surface area contributed by atoms with Gasteiger partial charge in [0.05, 0.1) is 18.8 Å². The summed E-state index contributed by atoms with van der Waals surface area (Å²) in [6.45, 7) is 0. The lowest BCUT2D eigenvalue weighted by atomic mass is 10.1. The number of furan rings is 1. The molecule has 0 aliphatic carbocycles. The van der Waals surface area contributed by atoms with Crippen molar-refractivity contribution in [2.24, 2.45) is 0 Å². The molecule has 2 aromatic rings. The van der Waals surface area contributed by atoms with Gasteiger partial charge in [-0.15, -0.1) is 0 Å². The minimum absolute atomic E-state index is 0.107. The largest absolute Gasteiger partial charge is 0.466 e. The number of nitrogens with zero attached hydrogens (tertiary/aromatic N) is 2. The van der Waals surface area contributed by atoms with Gasteiger partial charge in [-0.05, 0) is 29.8 Å². The van der Waals surface area contributed by atoms with Crippen LogP contribution in [0.3, 0.4) is 0 Å². The van der Waals surface area contributed by atoms with E-state index >= 15 is 0 Å². The predicted octanol–water partition coefficient (Wildman–Crippen LogP) is 2.68. The van der Waals surface area contributed by atoms with Crippen molar-refractivity contribution in [3.8, 4) is 6.07 Å². The molecule has 0 bridgehead atoms. The van der Waals surface area contributed by atoms with Crippen LogP contribution in [0.2, 0.25) is 0 Å². The smallest absolute Gasteiger partial charge is 0.228 e. The molecule has 4 nitrogen and oxygen atoms in total. The third kappa shape index (κ3) is 3.04. The summed E-state index contributed by atoms with van der Waals surface area (Å²) in [4.78, 5) is 13.5. The summed E-state index contributed by atoms with van der Waals surface area (Å²) in [6, 6.07) is 10.3. The van der Waals surface area contributed by atoms with Gasteiger partial charge >= 0.3 is 0 Å². The maximum Gasteiger partial charge on any atom is 0.228 e. The van der Waals surface area contributed by atoms with Crippen molar-refractivity contribution >= 4 is 5.91 Å². The highest BCUT2D eigenvalue weighted by Crippen LogP contribution is 2.20. The third-order valence-electron chi connectivity index (χ3n) is 2.98. The lowest BCUT2D eigenvalue weighted by Gasteiger charge is -2.21. The minimum Gasteiger partial charge on any atom is -0.466 e. The molecule has 1 amide bonds. The van der Waals surface area contributed by atoms with Crippen molar-refractivity contribution in [1.29, 1.82) is 5.26 Å². The van der Waals surface area contributed by atoms with Gasteiger partial charge in [0.25, 0.3) is 0 Å². The van der Waals surface area contributed by atoms with Crippen LogP contribution in [0.25, 0.3) is 0 Å². The van der Waals surface area contributed by atoms with Crippen molar-refractivity contribution in [3.63, 3.8) is 0 Å². The van der Waals surface area contributed by atoms with Crippen molar-refractivity contribution in [2.45, 2.75) is 12.5 Å². The van der Waals surface area contributed by atoms with Crippen LogP contribution in [0.5, 0.6) is 0 Å². The maximum atomic E-state index is 12.8. The van der Waals surface area contributed by atoms with E-state index in [0.717, 1.165) is 0 Å². The second kappa shape index (κ2) is 6.02. The molecular weight excluding hydrogens is 259 g/mol. The van der Waals surface area contributed by atoms with Crippen LogP contribution in [-0.4, -0.2) is 17.9 Å². The number of halogens is 1. The van der Waals surface area contributed by atoms with E-state index in [9.17, 15) is 9.18 Å². The van der Waals surface area contributed by atoms with Gasteiger partial charge in [0.1, 0.15) is 11.6 Å². The zero-order valence-corrected chi connectivity index (χ0v) is 10.9. The van der Waals surface area contributed by atoms with Crippen molar-refractivity contribution < 1.29 is 13.6 Å². The predicted molar refractivity (Wildman–Crippen MR) is 69.9 cm³/mol. The molecule has 5 heteroatoms. The van der Waals surface area contributed by atoms with E-state index in [1.54, 1.807) is 31.3 Å². The average Bonchev–Trinajstić information content (AvgIpc) is 2.96. The van der Waals surface area contributed by atoms with E-state index in [2.05, 4.69) is 0 Å². The summed E-state index contributed by atoms with van der Waals surface area (Å²) in [6.07, 6.45) is 1.56. The van der Waals surface area contributed by atoms with E-state index in [1.807, 2.05) is 6.07 Å². The Kier molecular flexibility index (Phi) is 4.16. The Balaban J connectivity index is 2.08. The number of carbonyl (C=O) groups is 1. The molecule has 0 aliphatic heterocycles. The van der Waals surface area contributed by atoms with Crippen molar-refractivity contribution in [3.05, 3.63) is 59.8 Å². The second-order valence-corrected chi connectivity index (χ2v) is 4.35. The standard InChI is InChI=1S/C15H13FN2O2/c1-18(13(10-17)14-3-2-8-20-14)15(19)9-11-4-6-12(16)7-5-11/h2-8,13H,9H2,1H3. The lowest BCUT2D eigenvalue weighted by Crippen LogP contribution is -2.31. The topological polar surface area (TPSA) is 57.2 Å². The molecule has 0 N–H and O–H groups in total. The Morgan fingerprint density at radius 2 is 2.10 bits per heavy atom. The lowest BCUT2D eigenvalue weighted by molar-refractivity contribution is -0.130. The quantitative estimate of drug-likeness (QED) is 0.859. The highest BCUT2D eigenvalue weighted by molar-refractivity contribution is 5.79. The highest BCUT2D eigenvalue weighted by atomic mass is 19.1. The normalized spacial score (nSPS) is 11.7. The van der Waals surface area contributed by atoms with E-state index in [-0.39, 0.29) is 18.1 Å². The monoisotopic (exact) mass is 272 g/mol. The van der Waals surface area contributed by atoms with Gasteiger partial charge in [-0.3, -0.25) is 4.79 Å². The molecule has 20 heavy (non-hydrogen) atoms. The number of carbonyl (C=O) groups excluding carboxylic acids is 1. The number of benzene rings is 1. The van der Waals surface area contributed by atoms with Crippen LogP contribution >= 0.6 is 0 Å². The molecule has 0 fully saturated rings. The van der Waals surface area contributed by atoms with E-state index in [4.69, 9.17) is 9.68 Å². The average molecular weight is 272 g/mol. The molecular formula is C15H13FN2O2. The fourth-order valence-corrected chi connectivity index (χ4v) is 1.83. The van der Waals surface area contributed by atoms with Crippen LogP contribution in [-0.2, 0) is 11.2 Å². The van der Waals surface area contributed by atoms with Gasteiger partial charge in [0.15, 0.2) is 6.04 Å². The molecule has 0 radical (unpaired) electrons. The van der Waals surface area contributed by atoms with Gasteiger partial charge in [-0.1, -0.05) is 12.1 Å². The fraction of sp³-hybridized carbons (Fsp3) is 0.200. The number of hydrogen-bond donors (Lipinski definition) is 0. The third-order valence-corrected chi connectivity index (χ3v) is 2.98. The van der Waals surface area contributed by atoms with E-state index in [1.165, 1.54) is 23.3 Å². The van der Waals surface area contributed by atoms with Crippen LogP contribution in [0, 0.1) is 17.1 Å². The SMILES string of the molecule is CN(C(=O)Cc1ccc(F)cc1)C(C#N)c1ccco1. The van der Waals surface area contributed by atoms with Crippen molar-refractivity contribution in [1.82, 2.24) is 4.90 Å². The molecule has 0 aliphatic rings. The summed E-state index contributed by atoms with van der Waals surface area (Å²) in [5.41, 5.74) is 0.694. The number of likely N-dealkylation sites (N-methyl/N-ethyl adjacent to an activating group) is 1. The van der Waals surface area contributed by atoms with Gasteiger partial charge in [0.2, 0.25) is 5.91 Å². The number of nitriles is 1. The molecule has 0 spiro atoms. The van der Waals surface area contributed by atoms with Crippen LogP contribution in [0.15, 0.2) is 47.1 Å². The molecule has 102 valence electrons. The summed E-state index contributed by atoms with van der Waals surface area (Å²) >= 11 is 0. The zero-order chi connectivity index (χ0) is 14.5. The summed E-state index contributed by atoms with van der Waals surface area (Å²) < 4.78 is 18.0. The van der Waals surface area contributed by atoms with Gasteiger partial charge in [0, 0.05) is 7.05 Å². The molecule has 1 heterocycles. The summed E-state index contributed by atoms with van der Waals surface area (Å²) in [5, 5.41) is 9.17. The number of amides is 1. The maximum absolute atomic E-state index is 12.8. The molecule has 1 unspecified atom stereocenters. The van der Waals surface area contributed by atoms with Gasteiger partial charge in [-0.25, -0.2) is 4.39 Å². The van der Waals surface area contributed by atoms with Crippen molar-refractivity contribution in [2.75, 3.05) is 7.05 Å². The second-order valence-electron chi connectivity index (χ2n) is 4.35. The number of hydrogen-bond acceptors (Lipinski definition) is 3. The molecule has 1 atom stereocenters. The molecule has 0 saturated carbocycles. The first kappa shape index (κ1) is 13.8. The summed E-state index contributed by atoms with van der Waals surface area (Å²) in [5.74, 6) is -0.165. The first-order chi connectivity index (χ1) is 9.61. The van der Waals surface area contributed by atoms with Crippen LogP contribution in [0.4, 0.5) is 4.39 Å². The Morgan fingerprint density at radius 1 is 1.40 bits per heavy atom. The Hall–Kier alpha value is -2.61. The van der Waals surface area contributed by atoms with E-state index < -0.39 is 6.04 Å². The summed E-state index contributed by atoms with van der Waals surface area (Å²) in [7, 11) is 1.54.